The van der Waals surface area contributed by atoms with Crippen LogP contribution in [0.15, 0.2) is 11.4 Å². The predicted molar refractivity (Wildman–Crippen MR) is 58.5 cm³/mol. The predicted octanol–water partition coefficient (Wildman–Crippen LogP) is 1.98. The van der Waals surface area contributed by atoms with Gasteiger partial charge in [-0.15, -0.1) is 11.3 Å². The minimum atomic E-state index is -1.06. The van der Waals surface area contributed by atoms with Crippen molar-refractivity contribution in [3.05, 3.63) is 21.9 Å². The van der Waals surface area contributed by atoms with E-state index in [9.17, 15) is 9.59 Å². The molecule has 1 aromatic heterocycles. The highest BCUT2D eigenvalue weighted by molar-refractivity contribution is 7.12. The number of carboxylic acids is 1. The third-order valence-corrected chi connectivity index (χ3v) is 2.83. The standard InChI is InChI=1S/C10H13NO3S/c1-2-3-5-11-9(12)8-7(10(13)14)4-6-15-8/h4,6H,2-3,5H2,1H3,(H,11,12)(H,13,14). The molecule has 0 spiro atoms. The van der Waals surface area contributed by atoms with Gasteiger partial charge < -0.3 is 10.4 Å². The maximum Gasteiger partial charge on any atom is 0.337 e. The Balaban J connectivity index is 2.65. The van der Waals surface area contributed by atoms with Crippen LogP contribution in [0.1, 0.15) is 39.8 Å². The van der Waals surface area contributed by atoms with Crippen molar-refractivity contribution in [2.45, 2.75) is 19.8 Å². The number of carbonyl (C=O) groups is 2. The summed E-state index contributed by atoms with van der Waals surface area (Å²) in [6, 6.07) is 1.45. The Morgan fingerprint density at radius 3 is 2.87 bits per heavy atom. The van der Waals surface area contributed by atoms with Crippen molar-refractivity contribution < 1.29 is 14.7 Å². The van der Waals surface area contributed by atoms with E-state index in [2.05, 4.69) is 5.32 Å². The number of carbonyl (C=O) groups excluding carboxylic acids is 1. The van der Waals surface area contributed by atoms with Crippen molar-refractivity contribution in [3.63, 3.8) is 0 Å². The van der Waals surface area contributed by atoms with Gasteiger partial charge in [0.1, 0.15) is 4.88 Å². The van der Waals surface area contributed by atoms with Gasteiger partial charge in [0.25, 0.3) is 5.91 Å². The monoisotopic (exact) mass is 227 g/mol. The molecule has 2 N–H and O–H groups in total. The van der Waals surface area contributed by atoms with Gasteiger partial charge >= 0.3 is 5.97 Å². The Bertz CT molecular complexity index is 359. The first-order valence-corrected chi connectivity index (χ1v) is 5.63. The minimum absolute atomic E-state index is 0.0778. The third kappa shape index (κ3) is 3.06. The molecule has 15 heavy (non-hydrogen) atoms. The van der Waals surface area contributed by atoms with Gasteiger partial charge in [-0.1, -0.05) is 13.3 Å². The summed E-state index contributed by atoms with van der Waals surface area (Å²) in [7, 11) is 0. The number of hydrogen-bond donors (Lipinski definition) is 2. The molecule has 0 aliphatic heterocycles. The summed E-state index contributed by atoms with van der Waals surface area (Å²) in [4.78, 5) is 22.6. The van der Waals surface area contributed by atoms with Crippen LogP contribution in [0.4, 0.5) is 0 Å². The highest BCUT2D eigenvalue weighted by atomic mass is 32.1. The van der Waals surface area contributed by atoms with Gasteiger partial charge in [0.2, 0.25) is 0 Å². The van der Waals surface area contributed by atoms with Crippen molar-refractivity contribution in [1.82, 2.24) is 5.32 Å². The molecule has 0 fully saturated rings. The van der Waals surface area contributed by atoms with E-state index in [0.29, 0.717) is 6.54 Å². The van der Waals surface area contributed by atoms with Crippen molar-refractivity contribution in [2.24, 2.45) is 0 Å². The molecule has 0 unspecified atom stereocenters. The van der Waals surface area contributed by atoms with E-state index in [-0.39, 0.29) is 16.3 Å². The Morgan fingerprint density at radius 1 is 1.53 bits per heavy atom. The SMILES string of the molecule is CCCCNC(=O)c1sccc1C(=O)O. The maximum absolute atomic E-state index is 11.5. The van der Waals surface area contributed by atoms with E-state index in [4.69, 9.17) is 5.11 Å². The zero-order valence-electron chi connectivity index (χ0n) is 8.45. The topological polar surface area (TPSA) is 66.4 Å². The zero-order valence-corrected chi connectivity index (χ0v) is 9.26. The first kappa shape index (κ1) is 11.7. The zero-order chi connectivity index (χ0) is 11.3. The van der Waals surface area contributed by atoms with Crippen molar-refractivity contribution in [1.29, 1.82) is 0 Å². The van der Waals surface area contributed by atoms with E-state index in [1.165, 1.54) is 6.07 Å². The fourth-order valence-corrected chi connectivity index (χ4v) is 1.91. The molecule has 0 saturated heterocycles. The average Bonchev–Trinajstić information content (AvgIpc) is 2.66. The van der Waals surface area contributed by atoms with Gasteiger partial charge in [-0.05, 0) is 17.9 Å². The molecule has 0 aliphatic rings. The molecular formula is C10H13NO3S. The number of thiophene rings is 1. The summed E-state index contributed by atoms with van der Waals surface area (Å²) in [5, 5.41) is 13.1. The van der Waals surface area contributed by atoms with Crippen LogP contribution in [-0.4, -0.2) is 23.5 Å². The molecule has 5 heteroatoms. The Kier molecular flexibility index (Phi) is 4.30. The van der Waals surface area contributed by atoms with Crippen LogP contribution >= 0.6 is 11.3 Å². The lowest BCUT2D eigenvalue weighted by Gasteiger charge is -2.02. The molecule has 1 rings (SSSR count). The highest BCUT2D eigenvalue weighted by Crippen LogP contribution is 2.16. The Labute approximate surface area is 91.9 Å². The first-order chi connectivity index (χ1) is 7.16. The Morgan fingerprint density at radius 2 is 2.27 bits per heavy atom. The summed E-state index contributed by atoms with van der Waals surface area (Å²) in [5.41, 5.74) is 0.0778. The van der Waals surface area contributed by atoms with Gasteiger partial charge in [0.05, 0.1) is 5.56 Å². The number of aromatic carboxylic acids is 1. The Hall–Kier alpha value is -1.36. The molecule has 0 bridgehead atoms. The summed E-state index contributed by atoms with van der Waals surface area (Å²) >= 11 is 1.15. The molecule has 0 aliphatic carbocycles. The quantitative estimate of drug-likeness (QED) is 0.756. The van der Waals surface area contributed by atoms with Gasteiger partial charge in [-0.3, -0.25) is 4.79 Å². The minimum Gasteiger partial charge on any atom is -0.478 e. The number of unbranched alkanes of at least 4 members (excludes halogenated alkanes) is 1. The fraction of sp³-hybridized carbons (Fsp3) is 0.400. The highest BCUT2D eigenvalue weighted by Gasteiger charge is 2.17. The first-order valence-electron chi connectivity index (χ1n) is 4.75. The van der Waals surface area contributed by atoms with E-state index in [1.54, 1.807) is 5.38 Å². The summed E-state index contributed by atoms with van der Waals surface area (Å²) < 4.78 is 0. The normalized spacial score (nSPS) is 9.93. The third-order valence-electron chi connectivity index (χ3n) is 1.92. The van der Waals surface area contributed by atoms with Gasteiger partial charge in [0, 0.05) is 6.54 Å². The number of hydrogen-bond acceptors (Lipinski definition) is 3. The maximum atomic E-state index is 11.5. The van der Waals surface area contributed by atoms with Gasteiger partial charge in [-0.25, -0.2) is 4.79 Å². The molecule has 1 aromatic rings. The van der Waals surface area contributed by atoms with Crippen molar-refractivity contribution >= 4 is 23.2 Å². The van der Waals surface area contributed by atoms with E-state index in [0.717, 1.165) is 24.2 Å². The lowest BCUT2D eigenvalue weighted by molar-refractivity contribution is 0.0692. The van der Waals surface area contributed by atoms with Crippen LogP contribution in [0, 0.1) is 0 Å². The van der Waals surface area contributed by atoms with Gasteiger partial charge in [-0.2, -0.15) is 0 Å². The number of amides is 1. The average molecular weight is 227 g/mol. The molecule has 0 radical (unpaired) electrons. The van der Waals surface area contributed by atoms with Crippen LogP contribution in [-0.2, 0) is 0 Å². The summed E-state index contributed by atoms with van der Waals surface area (Å²) in [5.74, 6) is -1.35. The second kappa shape index (κ2) is 5.50. The molecule has 0 aromatic carbocycles. The van der Waals surface area contributed by atoms with E-state index >= 15 is 0 Å². The molecule has 0 saturated carbocycles. The van der Waals surface area contributed by atoms with E-state index in [1.807, 2.05) is 6.92 Å². The van der Waals surface area contributed by atoms with Gasteiger partial charge in [0.15, 0.2) is 0 Å². The number of nitrogens with one attached hydrogen (secondary N) is 1. The number of carboxylic acid groups (broad SMARTS) is 1. The molecule has 0 atom stereocenters. The lowest BCUT2D eigenvalue weighted by Crippen LogP contribution is -2.24. The molecule has 1 heterocycles. The molecule has 1 amide bonds. The van der Waals surface area contributed by atoms with Crippen molar-refractivity contribution in [2.75, 3.05) is 6.54 Å². The molecule has 82 valence electrons. The van der Waals surface area contributed by atoms with Crippen LogP contribution in [0.5, 0.6) is 0 Å². The second-order valence-corrected chi connectivity index (χ2v) is 3.99. The molecule has 4 nitrogen and oxygen atoms in total. The fourth-order valence-electron chi connectivity index (χ4n) is 1.11. The smallest absolute Gasteiger partial charge is 0.337 e. The summed E-state index contributed by atoms with van der Waals surface area (Å²) in [6.07, 6.45) is 1.90. The van der Waals surface area contributed by atoms with Crippen LogP contribution in [0.2, 0.25) is 0 Å². The van der Waals surface area contributed by atoms with Crippen LogP contribution in [0.3, 0.4) is 0 Å². The molecular weight excluding hydrogens is 214 g/mol. The lowest BCUT2D eigenvalue weighted by atomic mass is 10.2. The largest absolute Gasteiger partial charge is 0.478 e. The second-order valence-electron chi connectivity index (χ2n) is 3.08. The number of rotatable bonds is 5. The van der Waals surface area contributed by atoms with Crippen molar-refractivity contribution in [3.8, 4) is 0 Å². The van der Waals surface area contributed by atoms with Crippen LogP contribution < -0.4 is 5.32 Å². The summed E-state index contributed by atoms with van der Waals surface area (Å²) in [6.45, 7) is 2.62. The van der Waals surface area contributed by atoms with Crippen LogP contribution in [0.25, 0.3) is 0 Å². The van der Waals surface area contributed by atoms with E-state index < -0.39 is 5.97 Å².